The Morgan fingerprint density at radius 1 is 1.41 bits per heavy atom. The van der Waals surface area contributed by atoms with Crippen LogP contribution in [0.1, 0.15) is 27.2 Å². The zero-order chi connectivity index (χ0) is 12.5. The summed E-state index contributed by atoms with van der Waals surface area (Å²) in [6, 6.07) is 0.124. The fourth-order valence-electron chi connectivity index (χ4n) is 2.04. The van der Waals surface area contributed by atoms with Crippen LogP contribution in [0.5, 0.6) is 0 Å². The van der Waals surface area contributed by atoms with E-state index in [1.807, 2.05) is 4.90 Å². The molecule has 2 rings (SSSR count). The van der Waals surface area contributed by atoms with Crippen LogP contribution in [0, 0.1) is 0 Å². The minimum atomic E-state index is -0.115. The number of hydrogen-bond acceptors (Lipinski definition) is 4. The molecule has 1 aliphatic rings. The van der Waals surface area contributed by atoms with E-state index in [4.69, 9.17) is 0 Å². The van der Waals surface area contributed by atoms with E-state index < -0.39 is 0 Å². The predicted octanol–water partition coefficient (Wildman–Crippen LogP) is 1.29. The van der Waals surface area contributed by atoms with Gasteiger partial charge in [-0.25, -0.2) is 4.98 Å². The summed E-state index contributed by atoms with van der Waals surface area (Å²) in [5, 5.41) is 3.24. The monoisotopic (exact) mass is 234 g/mol. The second-order valence-electron chi connectivity index (χ2n) is 5.31. The molecule has 17 heavy (non-hydrogen) atoms. The maximum absolute atomic E-state index is 11.9. The largest absolute Gasteiger partial charge is 0.364 e. The fraction of sp³-hybridized carbons (Fsp3) is 0.583. The van der Waals surface area contributed by atoms with Gasteiger partial charge in [0.25, 0.3) is 0 Å². The average Bonchev–Trinajstić information content (AvgIpc) is 2.60. The van der Waals surface area contributed by atoms with Crippen LogP contribution in [0.4, 0.5) is 5.82 Å². The lowest BCUT2D eigenvalue weighted by molar-refractivity contribution is -0.131. The van der Waals surface area contributed by atoms with Crippen LogP contribution >= 0.6 is 0 Å². The van der Waals surface area contributed by atoms with Gasteiger partial charge in [0.15, 0.2) is 0 Å². The van der Waals surface area contributed by atoms with Crippen molar-refractivity contribution < 1.29 is 4.79 Å². The van der Waals surface area contributed by atoms with Crippen LogP contribution < -0.4 is 5.32 Å². The average molecular weight is 234 g/mol. The second-order valence-corrected chi connectivity index (χ2v) is 5.31. The Bertz CT molecular complexity index is 399. The molecule has 1 amide bonds. The van der Waals surface area contributed by atoms with Crippen LogP contribution in [-0.2, 0) is 4.79 Å². The van der Waals surface area contributed by atoms with Crippen molar-refractivity contribution in [3.05, 3.63) is 18.6 Å². The summed E-state index contributed by atoms with van der Waals surface area (Å²) in [7, 11) is 0. The maximum atomic E-state index is 11.9. The molecule has 5 heteroatoms. The van der Waals surface area contributed by atoms with Crippen molar-refractivity contribution in [1.82, 2.24) is 14.9 Å². The van der Waals surface area contributed by atoms with E-state index in [0.29, 0.717) is 6.42 Å². The van der Waals surface area contributed by atoms with E-state index >= 15 is 0 Å². The highest BCUT2D eigenvalue weighted by molar-refractivity contribution is 5.80. The Labute approximate surface area is 101 Å². The molecule has 1 unspecified atom stereocenters. The first-order valence-electron chi connectivity index (χ1n) is 5.80. The molecule has 5 nitrogen and oxygen atoms in total. The Hall–Kier alpha value is -1.65. The Morgan fingerprint density at radius 2 is 2.18 bits per heavy atom. The zero-order valence-corrected chi connectivity index (χ0v) is 10.5. The third kappa shape index (κ3) is 2.72. The van der Waals surface area contributed by atoms with E-state index in [2.05, 4.69) is 36.1 Å². The van der Waals surface area contributed by atoms with Crippen molar-refractivity contribution >= 4 is 11.7 Å². The van der Waals surface area contributed by atoms with Crippen LogP contribution in [-0.4, -0.2) is 38.9 Å². The van der Waals surface area contributed by atoms with Gasteiger partial charge < -0.3 is 10.2 Å². The fourth-order valence-corrected chi connectivity index (χ4v) is 2.04. The molecule has 2 heterocycles. The van der Waals surface area contributed by atoms with Crippen molar-refractivity contribution in [2.75, 3.05) is 11.9 Å². The van der Waals surface area contributed by atoms with Gasteiger partial charge >= 0.3 is 0 Å². The van der Waals surface area contributed by atoms with Gasteiger partial charge in [0.2, 0.25) is 5.91 Å². The molecule has 1 aromatic rings. The van der Waals surface area contributed by atoms with Gasteiger partial charge in [-0.1, -0.05) is 0 Å². The van der Waals surface area contributed by atoms with Crippen molar-refractivity contribution in [2.24, 2.45) is 0 Å². The summed E-state index contributed by atoms with van der Waals surface area (Å²) in [6.45, 7) is 6.87. The summed E-state index contributed by atoms with van der Waals surface area (Å²) in [6.07, 6.45) is 5.46. The SMILES string of the molecule is CC(C)(C)N1CC(Nc2cnccn2)CC1=O. The third-order valence-electron chi connectivity index (χ3n) is 2.85. The normalized spacial score (nSPS) is 20.8. The lowest BCUT2D eigenvalue weighted by Crippen LogP contribution is -2.43. The Kier molecular flexibility index (Phi) is 3.00. The first-order valence-corrected chi connectivity index (χ1v) is 5.80. The summed E-state index contributed by atoms with van der Waals surface area (Å²) >= 11 is 0. The Balaban J connectivity index is 2.01. The molecular weight excluding hydrogens is 216 g/mol. The standard InChI is InChI=1S/C12H18N4O/c1-12(2,3)16-8-9(6-11(16)17)15-10-7-13-4-5-14-10/h4-5,7,9H,6,8H2,1-3H3,(H,14,15). The van der Waals surface area contributed by atoms with E-state index in [0.717, 1.165) is 12.4 Å². The summed E-state index contributed by atoms with van der Waals surface area (Å²) in [4.78, 5) is 21.9. The van der Waals surface area contributed by atoms with E-state index in [1.54, 1.807) is 18.6 Å². The number of aromatic nitrogens is 2. The second kappa shape index (κ2) is 4.31. The molecule has 1 saturated heterocycles. The van der Waals surface area contributed by atoms with Gasteiger partial charge in [0, 0.05) is 30.9 Å². The highest BCUT2D eigenvalue weighted by atomic mass is 16.2. The molecule has 0 bridgehead atoms. The van der Waals surface area contributed by atoms with Crippen LogP contribution in [0.15, 0.2) is 18.6 Å². The molecule has 0 spiro atoms. The van der Waals surface area contributed by atoms with E-state index in [-0.39, 0.29) is 17.5 Å². The first-order chi connectivity index (χ1) is 7.97. The van der Waals surface area contributed by atoms with Gasteiger partial charge in [-0.15, -0.1) is 0 Å². The van der Waals surface area contributed by atoms with Crippen LogP contribution in [0.2, 0.25) is 0 Å². The Morgan fingerprint density at radius 3 is 2.71 bits per heavy atom. The lowest BCUT2D eigenvalue weighted by atomic mass is 10.1. The molecular formula is C12H18N4O. The lowest BCUT2D eigenvalue weighted by Gasteiger charge is -2.32. The van der Waals surface area contributed by atoms with Crippen LogP contribution in [0.25, 0.3) is 0 Å². The molecule has 0 saturated carbocycles. The van der Waals surface area contributed by atoms with Gasteiger partial charge in [0.1, 0.15) is 5.82 Å². The zero-order valence-electron chi connectivity index (χ0n) is 10.5. The van der Waals surface area contributed by atoms with E-state index in [1.165, 1.54) is 0 Å². The molecule has 0 aliphatic carbocycles. The predicted molar refractivity (Wildman–Crippen MR) is 65.5 cm³/mol. The minimum absolute atomic E-state index is 0.115. The molecule has 92 valence electrons. The molecule has 1 fully saturated rings. The number of carbonyl (C=O) groups excluding carboxylic acids is 1. The first kappa shape index (κ1) is 11.8. The van der Waals surface area contributed by atoms with Gasteiger partial charge in [-0.05, 0) is 20.8 Å². The number of likely N-dealkylation sites (tertiary alicyclic amines) is 1. The maximum Gasteiger partial charge on any atom is 0.225 e. The van der Waals surface area contributed by atoms with Gasteiger partial charge in [-0.2, -0.15) is 0 Å². The molecule has 1 atom stereocenters. The minimum Gasteiger partial charge on any atom is -0.364 e. The van der Waals surface area contributed by atoms with E-state index in [9.17, 15) is 4.79 Å². The molecule has 0 aromatic carbocycles. The van der Waals surface area contributed by atoms with Crippen LogP contribution in [0.3, 0.4) is 0 Å². The topological polar surface area (TPSA) is 58.1 Å². The number of anilines is 1. The highest BCUT2D eigenvalue weighted by Crippen LogP contribution is 2.23. The number of rotatable bonds is 2. The third-order valence-corrected chi connectivity index (χ3v) is 2.85. The number of nitrogens with one attached hydrogen (secondary N) is 1. The molecule has 1 N–H and O–H groups in total. The number of amides is 1. The number of hydrogen-bond donors (Lipinski definition) is 1. The quantitative estimate of drug-likeness (QED) is 0.837. The molecule has 0 radical (unpaired) electrons. The molecule has 1 aromatic heterocycles. The van der Waals surface area contributed by atoms with Gasteiger partial charge in [-0.3, -0.25) is 9.78 Å². The molecule has 1 aliphatic heterocycles. The van der Waals surface area contributed by atoms with Crippen molar-refractivity contribution in [3.63, 3.8) is 0 Å². The van der Waals surface area contributed by atoms with Crippen molar-refractivity contribution in [2.45, 2.75) is 38.8 Å². The smallest absolute Gasteiger partial charge is 0.225 e. The van der Waals surface area contributed by atoms with Crippen molar-refractivity contribution in [1.29, 1.82) is 0 Å². The summed E-state index contributed by atoms with van der Waals surface area (Å²) in [5.74, 6) is 0.917. The highest BCUT2D eigenvalue weighted by Gasteiger charge is 2.36. The number of carbonyl (C=O) groups is 1. The van der Waals surface area contributed by atoms with Crippen molar-refractivity contribution in [3.8, 4) is 0 Å². The summed E-state index contributed by atoms with van der Waals surface area (Å²) in [5.41, 5.74) is -0.115. The van der Waals surface area contributed by atoms with Gasteiger partial charge in [0.05, 0.1) is 12.2 Å². The summed E-state index contributed by atoms with van der Waals surface area (Å²) < 4.78 is 0. The number of nitrogens with zero attached hydrogens (tertiary/aromatic N) is 3.